The lowest BCUT2D eigenvalue weighted by molar-refractivity contribution is 0.0205. The fourth-order valence-corrected chi connectivity index (χ4v) is 3.33. The Morgan fingerprint density at radius 3 is 2.56 bits per heavy atom. The van der Waals surface area contributed by atoms with Gasteiger partial charge in [-0.15, -0.1) is 0 Å². The molecule has 0 radical (unpaired) electrons. The van der Waals surface area contributed by atoms with Gasteiger partial charge in [-0.1, -0.05) is 37.3 Å². The van der Waals surface area contributed by atoms with Crippen molar-refractivity contribution in [3.05, 3.63) is 65.0 Å². The summed E-state index contributed by atoms with van der Waals surface area (Å²) in [5.41, 5.74) is 1.80. The van der Waals surface area contributed by atoms with Gasteiger partial charge in [0, 0.05) is 23.6 Å². The second-order valence-electron chi connectivity index (χ2n) is 7.97. The van der Waals surface area contributed by atoms with Crippen molar-refractivity contribution in [3.63, 3.8) is 0 Å². The van der Waals surface area contributed by atoms with E-state index < -0.39 is 11.7 Å². The standard InChI is InChI=1S/C22H26FNO3/c1-15-12-24(21(25)27-22(2,3)4)13-17-19(11-10-18(23)20(15)17)26-14-16-8-6-5-7-9-16/h5-11,15H,12-14H2,1-4H3. The van der Waals surface area contributed by atoms with Gasteiger partial charge < -0.3 is 14.4 Å². The first-order chi connectivity index (χ1) is 12.7. The summed E-state index contributed by atoms with van der Waals surface area (Å²) >= 11 is 0. The Morgan fingerprint density at radius 2 is 1.89 bits per heavy atom. The Balaban J connectivity index is 1.85. The van der Waals surface area contributed by atoms with E-state index in [1.54, 1.807) is 11.0 Å². The molecule has 1 unspecified atom stereocenters. The number of benzene rings is 2. The lowest BCUT2D eigenvalue weighted by Crippen LogP contribution is -2.41. The molecule has 1 atom stereocenters. The molecule has 0 fully saturated rings. The summed E-state index contributed by atoms with van der Waals surface area (Å²) in [7, 11) is 0. The van der Waals surface area contributed by atoms with Crippen LogP contribution in [-0.2, 0) is 17.9 Å². The van der Waals surface area contributed by atoms with Gasteiger partial charge in [0.2, 0.25) is 0 Å². The maximum Gasteiger partial charge on any atom is 0.410 e. The van der Waals surface area contributed by atoms with Gasteiger partial charge in [-0.25, -0.2) is 9.18 Å². The first kappa shape index (κ1) is 19.2. The number of nitrogens with zero attached hydrogens (tertiary/aromatic N) is 1. The van der Waals surface area contributed by atoms with Gasteiger partial charge in [0.05, 0.1) is 6.54 Å². The third-order valence-corrected chi connectivity index (χ3v) is 4.49. The molecule has 1 heterocycles. The van der Waals surface area contributed by atoms with Crippen LogP contribution in [0.1, 0.15) is 50.3 Å². The molecule has 0 saturated carbocycles. The van der Waals surface area contributed by atoms with Crippen molar-refractivity contribution in [3.8, 4) is 5.75 Å². The Bertz CT molecular complexity index is 814. The zero-order valence-corrected chi connectivity index (χ0v) is 16.3. The lowest BCUT2D eigenvalue weighted by atomic mass is 9.90. The van der Waals surface area contributed by atoms with Gasteiger partial charge >= 0.3 is 6.09 Å². The van der Waals surface area contributed by atoms with Gasteiger partial charge in [-0.05, 0) is 38.5 Å². The highest BCUT2D eigenvalue weighted by Gasteiger charge is 2.32. The Labute approximate surface area is 159 Å². The molecule has 2 aromatic rings. The summed E-state index contributed by atoms with van der Waals surface area (Å²) in [6.45, 7) is 8.50. The summed E-state index contributed by atoms with van der Waals surface area (Å²) in [4.78, 5) is 14.1. The average Bonchev–Trinajstić information content (AvgIpc) is 2.60. The van der Waals surface area contributed by atoms with Crippen LogP contribution < -0.4 is 4.74 Å². The molecule has 4 nitrogen and oxygen atoms in total. The molecular weight excluding hydrogens is 345 g/mol. The third-order valence-electron chi connectivity index (χ3n) is 4.49. The molecule has 0 N–H and O–H groups in total. The highest BCUT2D eigenvalue weighted by molar-refractivity contribution is 5.69. The minimum absolute atomic E-state index is 0.137. The second-order valence-corrected chi connectivity index (χ2v) is 7.97. The summed E-state index contributed by atoms with van der Waals surface area (Å²) < 4.78 is 25.9. The molecule has 27 heavy (non-hydrogen) atoms. The number of carbonyl (C=O) groups is 1. The lowest BCUT2D eigenvalue weighted by Gasteiger charge is -2.35. The van der Waals surface area contributed by atoms with Crippen LogP contribution in [0.25, 0.3) is 0 Å². The number of hydrogen-bond acceptors (Lipinski definition) is 3. The molecule has 1 aliphatic rings. The molecule has 2 aromatic carbocycles. The van der Waals surface area contributed by atoms with E-state index >= 15 is 0 Å². The molecule has 3 rings (SSSR count). The van der Waals surface area contributed by atoms with Crippen molar-refractivity contribution < 1.29 is 18.7 Å². The fraction of sp³-hybridized carbons (Fsp3) is 0.409. The predicted molar refractivity (Wildman–Crippen MR) is 102 cm³/mol. The van der Waals surface area contributed by atoms with E-state index in [0.29, 0.717) is 24.5 Å². The Morgan fingerprint density at radius 1 is 1.19 bits per heavy atom. The van der Waals surface area contributed by atoms with E-state index in [1.165, 1.54) is 6.07 Å². The number of halogens is 1. The van der Waals surface area contributed by atoms with Crippen LogP contribution in [0.2, 0.25) is 0 Å². The highest BCUT2D eigenvalue weighted by Crippen LogP contribution is 2.37. The molecular formula is C22H26FNO3. The minimum atomic E-state index is -0.574. The molecule has 1 amide bonds. The summed E-state index contributed by atoms with van der Waals surface area (Å²) in [6.07, 6.45) is -0.390. The van der Waals surface area contributed by atoms with E-state index in [1.807, 2.05) is 58.0 Å². The summed E-state index contributed by atoms with van der Waals surface area (Å²) in [5, 5.41) is 0. The quantitative estimate of drug-likeness (QED) is 0.739. The van der Waals surface area contributed by atoms with Gasteiger partial charge in [0.25, 0.3) is 0 Å². The minimum Gasteiger partial charge on any atom is -0.489 e. The zero-order chi connectivity index (χ0) is 19.6. The van der Waals surface area contributed by atoms with E-state index in [2.05, 4.69) is 0 Å². The topological polar surface area (TPSA) is 38.8 Å². The molecule has 0 saturated heterocycles. The second kappa shape index (κ2) is 7.59. The van der Waals surface area contributed by atoms with E-state index in [4.69, 9.17) is 9.47 Å². The first-order valence-electron chi connectivity index (χ1n) is 9.20. The smallest absolute Gasteiger partial charge is 0.410 e. The fourth-order valence-electron chi connectivity index (χ4n) is 3.33. The summed E-state index contributed by atoms with van der Waals surface area (Å²) in [6, 6.07) is 12.9. The molecule has 1 aliphatic heterocycles. The van der Waals surface area contributed by atoms with Crippen LogP contribution in [0, 0.1) is 5.82 Å². The Hall–Kier alpha value is -2.56. The van der Waals surface area contributed by atoms with Gasteiger partial charge in [0.1, 0.15) is 23.8 Å². The normalized spacial score (nSPS) is 16.6. The van der Waals surface area contributed by atoms with Crippen molar-refractivity contribution in [2.75, 3.05) is 6.54 Å². The molecule has 0 aromatic heterocycles. The van der Waals surface area contributed by atoms with Crippen LogP contribution in [0.4, 0.5) is 9.18 Å². The van der Waals surface area contributed by atoms with Crippen molar-refractivity contribution in [1.29, 1.82) is 0 Å². The maximum absolute atomic E-state index is 14.5. The van der Waals surface area contributed by atoms with E-state index in [9.17, 15) is 9.18 Å². The van der Waals surface area contributed by atoms with E-state index in [0.717, 1.165) is 11.1 Å². The number of carbonyl (C=O) groups excluding carboxylic acids is 1. The van der Waals surface area contributed by atoms with Crippen LogP contribution in [0.3, 0.4) is 0 Å². The van der Waals surface area contributed by atoms with Gasteiger partial charge in [0.15, 0.2) is 0 Å². The maximum atomic E-state index is 14.5. The first-order valence-corrected chi connectivity index (χ1v) is 9.20. The highest BCUT2D eigenvalue weighted by atomic mass is 19.1. The molecule has 0 spiro atoms. The van der Waals surface area contributed by atoms with Crippen LogP contribution in [-0.4, -0.2) is 23.1 Å². The van der Waals surface area contributed by atoms with Gasteiger partial charge in [-0.2, -0.15) is 0 Å². The average molecular weight is 371 g/mol. The molecule has 0 aliphatic carbocycles. The van der Waals surface area contributed by atoms with Gasteiger partial charge in [-0.3, -0.25) is 0 Å². The number of fused-ring (bicyclic) bond motifs is 1. The largest absolute Gasteiger partial charge is 0.489 e. The van der Waals surface area contributed by atoms with Crippen LogP contribution >= 0.6 is 0 Å². The van der Waals surface area contributed by atoms with Crippen molar-refractivity contribution in [1.82, 2.24) is 4.90 Å². The van der Waals surface area contributed by atoms with Crippen molar-refractivity contribution in [2.45, 2.75) is 52.4 Å². The number of rotatable bonds is 3. The van der Waals surface area contributed by atoms with E-state index in [-0.39, 0.29) is 18.3 Å². The predicted octanol–water partition coefficient (Wildman–Crippen LogP) is 5.26. The molecule has 0 bridgehead atoms. The zero-order valence-electron chi connectivity index (χ0n) is 16.3. The molecule has 5 heteroatoms. The number of ether oxygens (including phenoxy) is 2. The Kier molecular flexibility index (Phi) is 5.40. The van der Waals surface area contributed by atoms with Crippen molar-refractivity contribution in [2.24, 2.45) is 0 Å². The SMILES string of the molecule is CC1CN(C(=O)OC(C)(C)C)Cc2c(OCc3ccccc3)ccc(F)c21. The summed E-state index contributed by atoms with van der Waals surface area (Å²) in [5.74, 6) is 0.213. The van der Waals surface area contributed by atoms with Crippen molar-refractivity contribution >= 4 is 6.09 Å². The molecule has 144 valence electrons. The van der Waals surface area contributed by atoms with Crippen LogP contribution in [0.5, 0.6) is 5.75 Å². The number of hydrogen-bond donors (Lipinski definition) is 0. The van der Waals surface area contributed by atoms with Crippen LogP contribution in [0.15, 0.2) is 42.5 Å². The number of amides is 1. The third kappa shape index (κ3) is 4.59. The monoisotopic (exact) mass is 371 g/mol.